The fourth-order valence-corrected chi connectivity index (χ4v) is 3.80. The molecule has 1 aromatic carbocycles. The molecule has 0 saturated heterocycles. The van der Waals surface area contributed by atoms with Crippen LogP contribution in [0.25, 0.3) is 0 Å². The lowest BCUT2D eigenvalue weighted by Crippen LogP contribution is -2.42. The van der Waals surface area contributed by atoms with Gasteiger partial charge >= 0.3 is 0 Å². The van der Waals surface area contributed by atoms with Crippen LogP contribution in [0.15, 0.2) is 22.7 Å². The first kappa shape index (κ1) is 15.1. The largest absolute Gasteiger partial charge is 0.410 e. The second kappa shape index (κ2) is 5.22. The van der Waals surface area contributed by atoms with E-state index in [1.54, 1.807) is 0 Å². The molecule has 0 aliphatic carbocycles. The summed E-state index contributed by atoms with van der Waals surface area (Å²) in [5.41, 5.74) is 2.52. The van der Waals surface area contributed by atoms with Gasteiger partial charge < -0.3 is 9.74 Å². The minimum Gasteiger partial charge on any atom is -0.410 e. The molecule has 0 spiro atoms. The lowest BCUT2D eigenvalue weighted by atomic mass is 10.0. The number of hydrogen-bond donors (Lipinski definition) is 1. The summed E-state index contributed by atoms with van der Waals surface area (Å²) in [7, 11) is -1.72. The summed E-state index contributed by atoms with van der Waals surface area (Å²) in [5.74, 6) is 0. The molecule has 1 aromatic rings. The summed E-state index contributed by atoms with van der Waals surface area (Å²) in [4.78, 5) is 0. The molecular formula is C15H24BrNOSi. The van der Waals surface area contributed by atoms with Crippen LogP contribution in [0.1, 0.15) is 38.9 Å². The van der Waals surface area contributed by atoms with Gasteiger partial charge in [-0.15, -0.1) is 0 Å². The third-order valence-electron chi connectivity index (χ3n) is 4.33. The van der Waals surface area contributed by atoms with Crippen molar-refractivity contribution in [2.45, 2.75) is 51.4 Å². The van der Waals surface area contributed by atoms with E-state index in [-0.39, 0.29) is 11.1 Å². The quantitative estimate of drug-likeness (QED) is 0.734. The van der Waals surface area contributed by atoms with Crippen LogP contribution in [0.2, 0.25) is 18.1 Å². The van der Waals surface area contributed by atoms with E-state index in [1.165, 1.54) is 11.3 Å². The van der Waals surface area contributed by atoms with Gasteiger partial charge in [-0.3, -0.25) is 0 Å². The predicted octanol–water partition coefficient (Wildman–Crippen LogP) is 5.33. The molecule has 106 valence electrons. The van der Waals surface area contributed by atoms with Crippen molar-refractivity contribution in [1.82, 2.24) is 0 Å². The molecule has 1 aliphatic heterocycles. The highest BCUT2D eigenvalue weighted by Crippen LogP contribution is 2.43. The minimum atomic E-state index is -1.72. The molecular weight excluding hydrogens is 318 g/mol. The fourth-order valence-electron chi connectivity index (χ4n) is 2.11. The fraction of sp³-hybridized carbons (Fsp3) is 0.600. The minimum absolute atomic E-state index is 0.231. The third kappa shape index (κ3) is 3.23. The van der Waals surface area contributed by atoms with E-state index in [0.717, 1.165) is 17.4 Å². The first-order valence-corrected chi connectivity index (χ1v) is 10.6. The monoisotopic (exact) mass is 341 g/mol. The first-order valence-electron chi connectivity index (χ1n) is 6.92. The highest BCUT2D eigenvalue weighted by atomic mass is 79.9. The molecule has 0 radical (unpaired) electrons. The molecule has 2 rings (SSSR count). The molecule has 1 unspecified atom stereocenters. The number of fused-ring (bicyclic) bond motifs is 1. The van der Waals surface area contributed by atoms with E-state index in [0.29, 0.717) is 0 Å². The normalized spacial score (nSPS) is 19.8. The Kier molecular flexibility index (Phi) is 4.14. The number of rotatable bonds is 2. The number of halogens is 1. The molecule has 1 heterocycles. The van der Waals surface area contributed by atoms with Crippen molar-refractivity contribution in [2.75, 3.05) is 11.9 Å². The summed E-state index contributed by atoms with van der Waals surface area (Å²) in [6, 6.07) is 6.42. The van der Waals surface area contributed by atoms with E-state index in [1.807, 2.05) is 0 Å². The second-order valence-corrected chi connectivity index (χ2v) is 12.5. The molecule has 0 fully saturated rings. The summed E-state index contributed by atoms with van der Waals surface area (Å²) in [6.45, 7) is 12.5. The highest BCUT2D eigenvalue weighted by molar-refractivity contribution is 9.10. The zero-order valence-corrected chi connectivity index (χ0v) is 15.1. The van der Waals surface area contributed by atoms with Gasteiger partial charge in [0.05, 0.1) is 6.10 Å². The molecule has 0 saturated carbocycles. The van der Waals surface area contributed by atoms with Crippen molar-refractivity contribution in [3.63, 3.8) is 0 Å². The van der Waals surface area contributed by atoms with Gasteiger partial charge in [0.25, 0.3) is 0 Å². The van der Waals surface area contributed by atoms with Crippen LogP contribution in [0, 0.1) is 0 Å². The van der Waals surface area contributed by atoms with Crippen molar-refractivity contribution < 1.29 is 4.43 Å². The van der Waals surface area contributed by atoms with Gasteiger partial charge in [0.2, 0.25) is 0 Å². The van der Waals surface area contributed by atoms with Crippen LogP contribution in [-0.4, -0.2) is 14.9 Å². The Balaban J connectivity index is 2.27. The topological polar surface area (TPSA) is 21.3 Å². The lowest BCUT2D eigenvalue weighted by Gasteiger charge is -2.41. The Morgan fingerprint density at radius 3 is 2.63 bits per heavy atom. The number of anilines is 1. The average molecular weight is 342 g/mol. The Morgan fingerprint density at radius 1 is 1.32 bits per heavy atom. The molecule has 1 aliphatic rings. The summed E-state index contributed by atoms with van der Waals surface area (Å²) < 4.78 is 7.73. The first-order chi connectivity index (χ1) is 8.71. The zero-order chi connectivity index (χ0) is 14.3. The van der Waals surface area contributed by atoms with Gasteiger partial charge in [-0.1, -0.05) is 36.7 Å². The van der Waals surface area contributed by atoms with E-state index in [9.17, 15) is 0 Å². The summed E-state index contributed by atoms with van der Waals surface area (Å²) in [6.07, 6.45) is 1.28. The Labute approximate surface area is 126 Å². The van der Waals surface area contributed by atoms with Crippen LogP contribution >= 0.6 is 15.9 Å². The van der Waals surface area contributed by atoms with Crippen molar-refractivity contribution in [3.8, 4) is 0 Å². The zero-order valence-electron chi connectivity index (χ0n) is 12.5. The molecule has 1 N–H and O–H groups in total. The van der Waals surface area contributed by atoms with Crippen LogP contribution in [0.3, 0.4) is 0 Å². The van der Waals surface area contributed by atoms with Gasteiger partial charge in [0, 0.05) is 22.3 Å². The second-order valence-electron chi connectivity index (χ2n) is 6.81. The molecule has 19 heavy (non-hydrogen) atoms. The SMILES string of the molecule is CC(C)(C)[Si](C)(C)OC1CCNc2ccc(Br)cc21. The van der Waals surface area contributed by atoms with Gasteiger partial charge in [-0.25, -0.2) is 0 Å². The Hall–Kier alpha value is -0.323. The standard InChI is InChI=1S/C15H24BrNOSi/c1-15(2,3)19(4,5)18-14-8-9-17-13-7-6-11(16)10-12(13)14/h6-7,10,14,17H,8-9H2,1-5H3. The molecule has 0 bridgehead atoms. The lowest BCUT2D eigenvalue weighted by molar-refractivity contribution is 0.174. The maximum atomic E-state index is 6.60. The maximum Gasteiger partial charge on any atom is 0.192 e. The van der Waals surface area contributed by atoms with Crippen LogP contribution in [-0.2, 0) is 4.43 Å². The third-order valence-corrected chi connectivity index (χ3v) is 9.30. The summed E-state index contributed by atoms with van der Waals surface area (Å²) >= 11 is 3.57. The molecule has 4 heteroatoms. The number of benzene rings is 1. The van der Waals surface area contributed by atoms with Crippen molar-refractivity contribution >= 4 is 29.9 Å². The maximum absolute atomic E-state index is 6.60. The van der Waals surface area contributed by atoms with Crippen molar-refractivity contribution in [1.29, 1.82) is 0 Å². The van der Waals surface area contributed by atoms with Gasteiger partial charge in [0.1, 0.15) is 0 Å². The van der Waals surface area contributed by atoms with Crippen LogP contribution < -0.4 is 5.32 Å². The smallest absolute Gasteiger partial charge is 0.192 e. The molecule has 0 amide bonds. The average Bonchev–Trinajstić information content (AvgIpc) is 2.28. The predicted molar refractivity (Wildman–Crippen MR) is 88.3 cm³/mol. The number of nitrogens with one attached hydrogen (secondary N) is 1. The highest BCUT2D eigenvalue weighted by Gasteiger charge is 2.40. The van der Waals surface area contributed by atoms with E-state index in [2.05, 4.69) is 73.3 Å². The van der Waals surface area contributed by atoms with Gasteiger partial charge in [-0.05, 0) is 42.8 Å². The van der Waals surface area contributed by atoms with Crippen LogP contribution in [0.5, 0.6) is 0 Å². The Morgan fingerprint density at radius 2 is 2.00 bits per heavy atom. The molecule has 0 aromatic heterocycles. The summed E-state index contributed by atoms with van der Waals surface area (Å²) in [5, 5.41) is 3.71. The van der Waals surface area contributed by atoms with Gasteiger partial charge in [-0.2, -0.15) is 0 Å². The van der Waals surface area contributed by atoms with Crippen LogP contribution in [0.4, 0.5) is 5.69 Å². The number of hydrogen-bond acceptors (Lipinski definition) is 2. The van der Waals surface area contributed by atoms with E-state index in [4.69, 9.17) is 4.43 Å². The van der Waals surface area contributed by atoms with Crippen molar-refractivity contribution in [2.24, 2.45) is 0 Å². The van der Waals surface area contributed by atoms with E-state index >= 15 is 0 Å². The van der Waals surface area contributed by atoms with Crippen molar-refractivity contribution in [3.05, 3.63) is 28.2 Å². The van der Waals surface area contributed by atoms with E-state index < -0.39 is 8.32 Å². The van der Waals surface area contributed by atoms with Gasteiger partial charge in [0.15, 0.2) is 8.32 Å². The Bertz CT molecular complexity index is 468. The molecule has 1 atom stereocenters. The molecule has 2 nitrogen and oxygen atoms in total.